The third-order valence-corrected chi connectivity index (χ3v) is 3.59. The van der Waals surface area contributed by atoms with E-state index in [-0.39, 0.29) is 11.8 Å². The number of nitrogens with zero attached hydrogens (tertiary/aromatic N) is 1. The molecule has 2 aromatic rings. The highest BCUT2D eigenvalue weighted by Gasteiger charge is 2.10. The van der Waals surface area contributed by atoms with Gasteiger partial charge in [0, 0.05) is 5.56 Å². The maximum absolute atomic E-state index is 12.3. The second-order valence-electron chi connectivity index (χ2n) is 6.69. The smallest absolute Gasteiger partial charge is 0.271 e. The molecule has 0 aliphatic rings. The van der Waals surface area contributed by atoms with Crippen LogP contribution in [0.4, 0.5) is 0 Å². The van der Waals surface area contributed by atoms with Gasteiger partial charge in [0.25, 0.3) is 5.91 Å². The number of ether oxygens (including phenoxy) is 1. The molecule has 0 aliphatic carbocycles. The Balaban J connectivity index is 2.05. The van der Waals surface area contributed by atoms with Crippen molar-refractivity contribution in [1.82, 2.24) is 5.43 Å². The van der Waals surface area contributed by atoms with Gasteiger partial charge in [-0.1, -0.05) is 58.0 Å². The summed E-state index contributed by atoms with van der Waals surface area (Å²) < 4.78 is 5.63. The lowest BCUT2D eigenvalue weighted by atomic mass is 10.0. The molecule has 0 fully saturated rings. The third-order valence-electron chi connectivity index (χ3n) is 3.59. The van der Waals surface area contributed by atoms with Gasteiger partial charge in [-0.05, 0) is 41.7 Å². The first-order chi connectivity index (χ1) is 12.0. The van der Waals surface area contributed by atoms with Gasteiger partial charge in [-0.15, -0.1) is 0 Å². The summed E-state index contributed by atoms with van der Waals surface area (Å²) in [4.78, 5) is 12.3. The average molecular weight is 338 g/mol. The van der Waals surface area contributed by atoms with Gasteiger partial charge in [-0.3, -0.25) is 4.79 Å². The lowest BCUT2D eigenvalue weighted by Gasteiger charge is -2.11. The number of rotatable bonds is 7. The molecule has 0 radical (unpaired) electrons. The van der Waals surface area contributed by atoms with E-state index in [1.165, 1.54) is 0 Å². The van der Waals surface area contributed by atoms with Crippen molar-refractivity contribution in [2.75, 3.05) is 6.61 Å². The maximum Gasteiger partial charge on any atom is 0.271 e. The molecule has 0 saturated heterocycles. The van der Waals surface area contributed by atoms with Crippen LogP contribution in [0.25, 0.3) is 0 Å². The molecule has 4 heteroatoms. The van der Waals surface area contributed by atoms with Crippen LogP contribution in [0.5, 0.6) is 5.75 Å². The average Bonchev–Trinajstić information content (AvgIpc) is 2.61. The summed E-state index contributed by atoms with van der Waals surface area (Å²) >= 11 is 0. The zero-order valence-electron chi connectivity index (χ0n) is 15.3. The minimum absolute atomic E-state index is 0.203. The van der Waals surface area contributed by atoms with Crippen molar-refractivity contribution in [2.24, 2.45) is 16.9 Å². The molecule has 0 spiro atoms. The second kappa shape index (κ2) is 9.02. The molecule has 0 bridgehead atoms. The van der Waals surface area contributed by atoms with Gasteiger partial charge < -0.3 is 4.74 Å². The predicted octanol–water partition coefficient (Wildman–Crippen LogP) is 4.51. The lowest BCUT2D eigenvalue weighted by Crippen LogP contribution is -2.22. The van der Waals surface area contributed by atoms with Gasteiger partial charge in [0.15, 0.2) is 0 Å². The molecule has 0 atom stereocenters. The minimum atomic E-state index is -0.232. The van der Waals surface area contributed by atoms with Crippen LogP contribution in [-0.4, -0.2) is 18.2 Å². The quantitative estimate of drug-likeness (QED) is 0.596. The monoisotopic (exact) mass is 338 g/mol. The van der Waals surface area contributed by atoms with Crippen molar-refractivity contribution in [3.8, 4) is 5.75 Å². The van der Waals surface area contributed by atoms with E-state index in [1.807, 2.05) is 42.5 Å². The number of hydrogen-bond acceptors (Lipinski definition) is 3. The molecule has 0 saturated carbocycles. The Morgan fingerprint density at radius 2 is 1.60 bits per heavy atom. The van der Waals surface area contributed by atoms with Crippen LogP contribution in [-0.2, 0) is 0 Å². The Morgan fingerprint density at radius 1 is 0.960 bits per heavy atom. The van der Waals surface area contributed by atoms with Crippen LogP contribution in [0.15, 0.2) is 59.7 Å². The number of nitrogens with one attached hydrogen (secondary N) is 1. The van der Waals surface area contributed by atoms with E-state index < -0.39 is 0 Å². The number of hydrogen-bond donors (Lipinski definition) is 1. The fourth-order valence-corrected chi connectivity index (χ4v) is 2.28. The van der Waals surface area contributed by atoms with Crippen molar-refractivity contribution < 1.29 is 9.53 Å². The van der Waals surface area contributed by atoms with Crippen LogP contribution < -0.4 is 10.2 Å². The van der Waals surface area contributed by atoms with E-state index in [1.54, 1.807) is 12.1 Å². The summed E-state index contributed by atoms with van der Waals surface area (Å²) in [6, 6.07) is 17.0. The Bertz CT molecular complexity index is 704. The van der Waals surface area contributed by atoms with E-state index in [9.17, 15) is 4.79 Å². The highest BCUT2D eigenvalue weighted by atomic mass is 16.5. The molecular formula is C21H26N2O2. The van der Waals surface area contributed by atoms with Gasteiger partial charge in [0.2, 0.25) is 0 Å². The number of hydrazone groups is 1. The molecule has 4 nitrogen and oxygen atoms in total. The molecule has 25 heavy (non-hydrogen) atoms. The first-order valence-electron chi connectivity index (χ1n) is 8.63. The van der Waals surface area contributed by atoms with Crippen LogP contribution >= 0.6 is 0 Å². The molecule has 0 aromatic heterocycles. The van der Waals surface area contributed by atoms with Crippen molar-refractivity contribution >= 4 is 11.6 Å². The standard InChI is InChI=1S/C21H26N2O2/c1-15(2)14-25-19-12-10-18(11-13-19)21(24)23-22-20(16(3)4)17-8-6-5-7-9-17/h5-13,15-16H,14H2,1-4H3,(H,23,24)/b22-20+. The predicted molar refractivity (Wildman–Crippen MR) is 102 cm³/mol. The van der Waals surface area contributed by atoms with E-state index in [0.717, 1.165) is 17.0 Å². The molecule has 1 amide bonds. The van der Waals surface area contributed by atoms with Crippen molar-refractivity contribution in [3.63, 3.8) is 0 Å². The van der Waals surface area contributed by atoms with Gasteiger partial charge >= 0.3 is 0 Å². The Morgan fingerprint density at radius 3 is 2.16 bits per heavy atom. The molecular weight excluding hydrogens is 312 g/mol. The summed E-state index contributed by atoms with van der Waals surface area (Å²) in [6.45, 7) is 8.96. The summed E-state index contributed by atoms with van der Waals surface area (Å²) in [5.41, 5.74) is 5.07. The number of carbonyl (C=O) groups excluding carboxylic acids is 1. The highest BCUT2D eigenvalue weighted by molar-refractivity contribution is 6.03. The summed E-state index contributed by atoms with van der Waals surface area (Å²) in [7, 11) is 0. The lowest BCUT2D eigenvalue weighted by molar-refractivity contribution is 0.0954. The SMILES string of the molecule is CC(C)COc1ccc(C(=O)N/N=C(/c2ccccc2)C(C)C)cc1. The van der Waals surface area contributed by atoms with Gasteiger partial charge in [-0.2, -0.15) is 5.10 Å². The molecule has 2 aromatic carbocycles. The van der Waals surface area contributed by atoms with Crippen molar-refractivity contribution in [3.05, 3.63) is 65.7 Å². The number of benzene rings is 2. The first kappa shape index (κ1) is 18.7. The van der Waals surface area contributed by atoms with E-state index in [0.29, 0.717) is 18.1 Å². The van der Waals surface area contributed by atoms with E-state index in [2.05, 4.69) is 38.2 Å². The van der Waals surface area contributed by atoms with Crippen molar-refractivity contribution in [2.45, 2.75) is 27.7 Å². The normalized spacial score (nSPS) is 11.7. The van der Waals surface area contributed by atoms with Crippen LogP contribution in [0.2, 0.25) is 0 Å². The fraction of sp³-hybridized carbons (Fsp3) is 0.333. The van der Waals surface area contributed by atoms with E-state index in [4.69, 9.17) is 4.74 Å². The highest BCUT2D eigenvalue weighted by Crippen LogP contribution is 2.14. The third kappa shape index (κ3) is 5.75. The van der Waals surface area contributed by atoms with Crippen molar-refractivity contribution in [1.29, 1.82) is 0 Å². The summed E-state index contributed by atoms with van der Waals surface area (Å²) in [6.07, 6.45) is 0. The zero-order chi connectivity index (χ0) is 18.2. The van der Waals surface area contributed by atoms with Gasteiger partial charge in [-0.25, -0.2) is 5.43 Å². The van der Waals surface area contributed by atoms with Crippen LogP contribution in [0, 0.1) is 11.8 Å². The van der Waals surface area contributed by atoms with Crippen LogP contribution in [0.1, 0.15) is 43.6 Å². The van der Waals surface area contributed by atoms with E-state index >= 15 is 0 Å². The topological polar surface area (TPSA) is 50.7 Å². The largest absolute Gasteiger partial charge is 0.493 e. The Labute approximate surface area is 149 Å². The molecule has 0 heterocycles. The first-order valence-corrected chi connectivity index (χ1v) is 8.63. The molecule has 0 unspecified atom stereocenters. The molecule has 1 N–H and O–H groups in total. The zero-order valence-corrected chi connectivity index (χ0v) is 15.3. The number of amides is 1. The molecule has 0 aliphatic heterocycles. The Hall–Kier alpha value is -2.62. The maximum atomic E-state index is 12.3. The minimum Gasteiger partial charge on any atom is -0.493 e. The van der Waals surface area contributed by atoms with Gasteiger partial charge in [0.1, 0.15) is 5.75 Å². The summed E-state index contributed by atoms with van der Waals surface area (Å²) in [5.74, 6) is 1.20. The fourth-order valence-electron chi connectivity index (χ4n) is 2.28. The molecule has 132 valence electrons. The Kier molecular flexibility index (Phi) is 6.75. The summed E-state index contributed by atoms with van der Waals surface area (Å²) in [5, 5.41) is 4.34. The number of carbonyl (C=O) groups is 1. The van der Waals surface area contributed by atoms with Gasteiger partial charge in [0.05, 0.1) is 12.3 Å². The second-order valence-corrected chi connectivity index (χ2v) is 6.69. The van der Waals surface area contributed by atoms with Crippen LogP contribution in [0.3, 0.4) is 0 Å². The molecule has 2 rings (SSSR count).